The molecule has 1 aromatic heterocycles. The number of fused-ring (bicyclic) bond motifs is 2. The van der Waals surface area contributed by atoms with Crippen LogP contribution in [0.3, 0.4) is 0 Å². The summed E-state index contributed by atoms with van der Waals surface area (Å²) >= 11 is 0. The highest BCUT2D eigenvalue weighted by molar-refractivity contribution is 6.03. The maximum Gasteiger partial charge on any atom is 0.471 e. The average molecular weight is 406 g/mol. The molecule has 2 aliphatic rings. The van der Waals surface area contributed by atoms with Gasteiger partial charge in [-0.3, -0.25) is 9.69 Å². The first-order valence-electron chi connectivity index (χ1n) is 9.60. The summed E-state index contributed by atoms with van der Waals surface area (Å²) in [6.45, 7) is 4.66. The van der Waals surface area contributed by atoms with Crippen LogP contribution in [0.5, 0.6) is 0 Å². The van der Waals surface area contributed by atoms with Crippen molar-refractivity contribution >= 4 is 11.6 Å². The van der Waals surface area contributed by atoms with E-state index in [1.165, 1.54) is 43.5 Å². The molecular weight excluding hydrogens is 385 g/mol. The molecule has 0 radical (unpaired) electrons. The van der Waals surface area contributed by atoms with E-state index in [1.54, 1.807) is 0 Å². The molecule has 1 aliphatic heterocycles. The van der Waals surface area contributed by atoms with Gasteiger partial charge in [-0.25, -0.2) is 4.99 Å². The Morgan fingerprint density at radius 3 is 2.45 bits per heavy atom. The molecule has 2 heterocycles. The molecule has 4 rings (SSSR count). The van der Waals surface area contributed by atoms with E-state index >= 15 is 0 Å². The number of aliphatic imine (C=N–C) groups is 1. The molecular formula is C20H21F3N4O2. The van der Waals surface area contributed by atoms with Crippen LogP contribution in [0.4, 0.5) is 13.2 Å². The number of hydrogen-bond acceptors (Lipinski definition) is 5. The van der Waals surface area contributed by atoms with Crippen LogP contribution >= 0.6 is 0 Å². The van der Waals surface area contributed by atoms with E-state index in [1.807, 2.05) is 6.92 Å². The maximum absolute atomic E-state index is 12.6. The third-order valence-electron chi connectivity index (χ3n) is 5.49. The second-order valence-corrected chi connectivity index (χ2v) is 7.89. The molecule has 9 heteroatoms. The van der Waals surface area contributed by atoms with Crippen molar-refractivity contribution in [1.29, 1.82) is 0 Å². The lowest BCUT2D eigenvalue weighted by Crippen LogP contribution is -2.39. The van der Waals surface area contributed by atoms with Gasteiger partial charge in [0, 0.05) is 36.5 Å². The van der Waals surface area contributed by atoms with Gasteiger partial charge >= 0.3 is 12.1 Å². The van der Waals surface area contributed by atoms with E-state index in [0.717, 1.165) is 30.6 Å². The number of halogens is 3. The van der Waals surface area contributed by atoms with Crippen LogP contribution in [-0.4, -0.2) is 46.3 Å². The summed E-state index contributed by atoms with van der Waals surface area (Å²) in [5.41, 5.74) is 1.44. The number of rotatable bonds is 4. The van der Waals surface area contributed by atoms with Crippen molar-refractivity contribution in [3.63, 3.8) is 0 Å². The summed E-state index contributed by atoms with van der Waals surface area (Å²) in [5.74, 6) is -0.423. The molecule has 1 saturated heterocycles. The van der Waals surface area contributed by atoms with Crippen LogP contribution in [-0.2, 0) is 6.18 Å². The van der Waals surface area contributed by atoms with Crippen LogP contribution in [0.1, 0.15) is 42.4 Å². The second kappa shape index (κ2) is 7.70. The molecule has 1 amide bonds. The van der Waals surface area contributed by atoms with Crippen LogP contribution < -0.4 is 0 Å². The number of piperidine rings is 1. The summed E-state index contributed by atoms with van der Waals surface area (Å²) in [7, 11) is 0. The SMILES string of the molecule is CC(CN1CC2CCC(C2)C1)=NC(=O)c1ccc(-c2noc(C(F)(F)F)n2)cc1. The van der Waals surface area contributed by atoms with Crippen molar-refractivity contribution < 1.29 is 22.5 Å². The van der Waals surface area contributed by atoms with Gasteiger partial charge in [0.15, 0.2) is 0 Å². The number of likely N-dealkylation sites (tertiary alicyclic amines) is 1. The lowest BCUT2D eigenvalue weighted by atomic mass is 9.99. The fraction of sp³-hybridized carbons (Fsp3) is 0.500. The number of aromatic nitrogens is 2. The number of carbonyl (C=O) groups is 1. The summed E-state index contributed by atoms with van der Waals surface area (Å²) in [6.07, 6.45) is -0.773. The Labute approximate surface area is 165 Å². The first-order valence-corrected chi connectivity index (χ1v) is 9.60. The largest absolute Gasteiger partial charge is 0.471 e. The van der Waals surface area contributed by atoms with Crippen LogP contribution in [0.15, 0.2) is 33.8 Å². The minimum Gasteiger partial charge on any atom is -0.329 e. The normalized spacial score (nSPS) is 22.8. The molecule has 1 aromatic carbocycles. The van der Waals surface area contributed by atoms with E-state index in [4.69, 9.17) is 0 Å². The zero-order valence-electron chi connectivity index (χ0n) is 15.9. The molecule has 2 bridgehead atoms. The Morgan fingerprint density at radius 1 is 1.21 bits per heavy atom. The van der Waals surface area contributed by atoms with Gasteiger partial charge in [-0.1, -0.05) is 17.3 Å². The molecule has 0 spiro atoms. The number of amides is 1. The first-order chi connectivity index (χ1) is 13.8. The zero-order valence-corrected chi connectivity index (χ0v) is 15.9. The number of hydrogen-bond donors (Lipinski definition) is 0. The van der Waals surface area contributed by atoms with Crippen LogP contribution in [0.25, 0.3) is 11.4 Å². The predicted molar refractivity (Wildman–Crippen MR) is 99.4 cm³/mol. The van der Waals surface area contributed by atoms with E-state index < -0.39 is 12.1 Å². The molecule has 2 unspecified atom stereocenters. The average Bonchev–Trinajstić information content (AvgIpc) is 3.28. The van der Waals surface area contributed by atoms with E-state index in [0.29, 0.717) is 17.7 Å². The van der Waals surface area contributed by atoms with Gasteiger partial charge < -0.3 is 4.52 Å². The Balaban J connectivity index is 1.40. The fourth-order valence-electron chi connectivity index (χ4n) is 4.26. The van der Waals surface area contributed by atoms with Gasteiger partial charge in [0.05, 0.1) is 0 Å². The molecule has 1 saturated carbocycles. The number of benzene rings is 1. The van der Waals surface area contributed by atoms with Crippen molar-refractivity contribution in [3.8, 4) is 11.4 Å². The van der Waals surface area contributed by atoms with E-state index in [2.05, 4.69) is 24.6 Å². The highest BCUT2D eigenvalue weighted by Crippen LogP contribution is 2.36. The van der Waals surface area contributed by atoms with Gasteiger partial charge in [0.2, 0.25) is 5.82 Å². The van der Waals surface area contributed by atoms with E-state index in [9.17, 15) is 18.0 Å². The van der Waals surface area contributed by atoms with Gasteiger partial charge in [0.1, 0.15) is 0 Å². The van der Waals surface area contributed by atoms with Gasteiger partial charge in [-0.2, -0.15) is 18.2 Å². The molecule has 1 aliphatic carbocycles. The highest BCUT2D eigenvalue weighted by Gasteiger charge is 2.38. The Kier molecular flexibility index (Phi) is 5.24. The highest BCUT2D eigenvalue weighted by atomic mass is 19.4. The quantitative estimate of drug-likeness (QED) is 0.716. The first kappa shape index (κ1) is 19.8. The topological polar surface area (TPSA) is 71.6 Å². The van der Waals surface area contributed by atoms with Gasteiger partial charge in [-0.05, 0) is 50.2 Å². The van der Waals surface area contributed by atoms with Crippen molar-refractivity contribution in [2.45, 2.75) is 32.4 Å². The Morgan fingerprint density at radius 2 is 1.86 bits per heavy atom. The molecule has 2 atom stereocenters. The molecule has 0 N–H and O–H groups in total. The number of alkyl halides is 3. The maximum atomic E-state index is 12.6. The van der Waals surface area contributed by atoms with Crippen molar-refractivity contribution in [3.05, 3.63) is 35.7 Å². The van der Waals surface area contributed by atoms with Crippen LogP contribution in [0.2, 0.25) is 0 Å². The molecule has 6 nitrogen and oxygen atoms in total. The lowest BCUT2D eigenvalue weighted by Gasteiger charge is -2.31. The van der Waals surface area contributed by atoms with Crippen molar-refractivity contribution in [1.82, 2.24) is 15.0 Å². The summed E-state index contributed by atoms with van der Waals surface area (Å²) in [5, 5.41) is 3.33. The zero-order chi connectivity index (χ0) is 20.6. The van der Waals surface area contributed by atoms with Gasteiger partial charge in [0.25, 0.3) is 5.91 Å². The van der Waals surface area contributed by atoms with Gasteiger partial charge in [-0.15, -0.1) is 0 Å². The third-order valence-corrected chi connectivity index (χ3v) is 5.49. The van der Waals surface area contributed by atoms with Crippen LogP contribution in [0, 0.1) is 11.8 Å². The minimum absolute atomic E-state index is 0.185. The number of nitrogens with zero attached hydrogens (tertiary/aromatic N) is 4. The lowest BCUT2D eigenvalue weighted by molar-refractivity contribution is -0.159. The second-order valence-electron chi connectivity index (χ2n) is 7.89. The monoisotopic (exact) mass is 406 g/mol. The molecule has 2 fully saturated rings. The summed E-state index contributed by atoms with van der Waals surface area (Å²) < 4.78 is 41.9. The molecule has 2 aromatic rings. The molecule has 154 valence electrons. The number of carbonyl (C=O) groups excluding carboxylic acids is 1. The summed E-state index contributed by atoms with van der Waals surface area (Å²) in [6, 6.07) is 5.95. The van der Waals surface area contributed by atoms with Crippen molar-refractivity contribution in [2.24, 2.45) is 16.8 Å². The minimum atomic E-state index is -4.69. The smallest absolute Gasteiger partial charge is 0.329 e. The third kappa shape index (κ3) is 4.55. The summed E-state index contributed by atoms with van der Waals surface area (Å²) in [4.78, 5) is 22.3. The molecule has 29 heavy (non-hydrogen) atoms. The predicted octanol–water partition coefficient (Wildman–Crippen LogP) is 4.09. The fourth-order valence-corrected chi connectivity index (χ4v) is 4.26. The standard InChI is InChI=1S/C20H21F3N4O2/c1-12(9-27-10-13-2-3-14(8-13)11-27)24-18(28)16-6-4-15(5-7-16)17-25-19(29-26-17)20(21,22)23/h4-7,13-14H,2-3,8-11H2,1H3. The Bertz CT molecular complexity index is 909. The van der Waals surface area contributed by atoms with Crippen molar-refractivity contribution in [2.75, 3.05) is 19.6 Å². The Hall–Kier alpha value is -2.55. The van der Waals surface area contributed by atoms with E-state index in [-0.39, 0.29) is 11.7 Å².